The Hall–Kier alpha value is -0.0800. The molecule has 3 atom stereocenters. The summed E-state index contributed by atoms with van der Waals surface area (Å²) in [6, 6.07) is 1.22. The van der Waals surface area contributed by atoms with E-state index in [-0.39, 0.29) is 6.10 Å². The lowest BCUT2D eigenvalue weighted by Gasteiger charge is -2.36. The molecule has 1 N–H and O–H groups in total. The zero-order chi connectivity index (χ0) is 10.7. The van der Waals surface area contributed by atoms with E-state index in [0.29, 0.717) is 6.04 Å². The molecule has 0 radical (unpaired) electrons. The molecule has 1 unspecified atom stereocenters. The van der Waals surface area contributed by atoms with Crippen LogP contribution in [0, 0.1) is 0 Å². The van der Waals surface area contributed by atoms with Gasteiger partial charge in [-0.15, -0.1) is 0 Å². The highest BCUT2D eigenvalue weighted by molar-refractivity contribution is 4.89. The second-order valence-corrected chi connectivity index (χ2v) is 5.21. The Balaban J connectivity index is 2.02. The van der Waals surface area contributed by atoms with Crippen molar-refractivity contribution in [3.05, 3.63) is 0 Å². The van der Waals surface area contributed by atoms with Crippen LogP contribution in [0.5, 0.6) is 0 Å². The van der Waals surface area contributed by atoms with Crippen molar-refractivity contribution in [3.8, 4) is 0 Å². The Labute approximate surface area is 93.7 Å². The molecule has 0 aromatic rings. The fourth-order valence-corrected chi connectivity index (χ4v) is 3.38. The summed E-state index contributed by atoms with van der Waals surface area (Å²) in [5.74, 6) is 0. The van der Waals surface area contributed by atoms with Gasteiger partial charge in [-0.05, 0) is 45.1 Å². The first-order valence-corrected chi connectivity index (χ1v) is 6.76. The summed E-state index contributed by atoms with van der Waals surface area (Å²) in [5, 5.41) is 10.0. The first kappa shape index (κ1) is 11.4. The van der Waals surface area contributed by atoms with Gasteiger partial charge in [-0.2, -0.15) is 0 Å². The molecular weight excluding hydrogens is 186 g/mol. The molecule has 2 fully saturated rings. The lowest BCUT2D eigenvalue weighted by atomic mass is 10.0. The Morgan fingerprint density at radius 2 is 1.93 bits per heavy atom. The Morgan fingerprint density at radius 3 is 2.60 bits per heavy atom. The van der Waals surface area contributed by atoms with Gasteiger partial charge < -0.3 is 5.11 Å². The third-order valence-corrected chi connectivity index (χ3v) is 4.26. The van der Waals surface area contributed by atoms with Crippen molar-refractivity contribution >= 4 is 0 Å². The average molecular weight is 211 g/mol. The third-order valence-electron chi connectivity index (χ3n) is 4.26. The summed E-state index contributed by atoms with van der Waals surface area (Å²) in [6.07, 6.45) is 10.1. The molecule has 1 heterocycles. The first-order chi connectivity index (χ1) is 7.33. The van der Waals surface area contributed by atoms with Crippen LogP contribution >= 0.6 is 0 Å². The van der Waals surface area contributed by atoms with Gasteiger partial charge in [-0.3, -0.25) is 4.90 Å². The predicted octanol–water partition coefficient (Wildman–Crippen LogP) is 2.55. The smallest absolute Gasteiger partial charge is 0.0695 e. The zero-order valence-electron chi connectivity index (χ0n) is 9.99. The van der Waals surface area contributed by atoms with Crippen molar-refractivity contribution in [3.63, 3.8) is 0 Å². The number of aliphatic hydroxyl groups is 1. The Morgan fingerprint density at radius 1 is 1.07 bits per heavy atom. The van der Waals surface area contributed by atoms with Gasteiger partial charge in [0, 0.05) is 12.1 Å². The van der Waals surface area contributed by atoms with Crippen LogP contribution in [0.4, 0.5) is 0 Å². The molecule has 0 aromatic heterocycles. The van der Waals surface area contributed by atoms with Crippen LogP contribution < -0.4 is 0 Å². The van der Waals surface area contributed by atoms with E-state index in [2.05, 4.69) is 11.8 Å². The first-order valence-electron chi connectivity index (χ1n) is 6.76. The van der Waals surface area contributed by atoms with Gasteiger partial charge >= 0.3 is 0 Å². The molecule has 1 aliphatic heterocycles. The van der Waals surface area contributed by atoms with Gasteiger partial charge in [0.15, 0.2) is 0 Å². The van der Waals surface area contributed by atoms with Crippen LogP contribution in [-0.2, 0) is 0 Å². The molecule has 2 heteroatoms. The van der Waals surface area contributed by atoms with Crippen molar-refractivity contribution in [1.29, 1.82) is 0 Å². The SMILES string of the molecule is CCC1CCCCCN1[C@H]1CCC[C@@H]1O. The van der Waals surface area contributed by atoms with E-state index >= 15 is 0 Å². The molecule has 1 aliphatic carbocycles. The zero-order valence-corrected chi connectivity index (χ0v) is 9.99. The largest absolute Gasteiger partial charge is 0.391 e. The standard InChI is InChI=1S/C13H25NO/c1-2-11-7-4-3-5-10-14(11)12-8-6-9-13(12)15/h11-13,15H,2-10H2,1H3/t11?,12-,13-/m0/s1. The molecule has 0 amide bonds. The fourth-order valence-electron chi connectivity index (χ4n) is 3.38. The number of hydrogen-bond acceptors (Lipinski definition) is 2. The molecule has 15 heavy (non-hydrogen) atoms. The van der Waals surface area contributed by atoms with Gasteiger partial charge in [0.1, 0.15) is 0 Å². The van der Waals surface area contributed by atoms with Crippen molar-refractivity contribution in [2.24, 2.45) is 0 Å². The lowest BCUT2D eigenvalue weighted by Crippen LogP contribution is -2.46. The van der Waals surface area contributed by atoms with Gasteiger partial charge in [0.2, 0.25) is 0 Å². The summed E-state index contributed by atoms with van der Waals surface area (Å²) in [5.41, 5.74) is 0. The topological polar surface area (TPSA) is 23.5 Å². The van der Waals surface area contributed by atoms with E-state index in [4.69, 9.17) is 0 Å². The normalized spacial score (nSPS) is 39.2. The van der Waals surface area contributed by atoms with Gasteiger partial charge in [-0.25, -0.2) is 0 Å². The van der Waals surface area contributed by atoms with Crippen LogP contribution in [0.3, 0.4) is 0 Å². The van der Waals surface area contributed by atoms with Gasteiger partial charge in [-0.1, -0.05) is 19.8 Å². The van der Waals surface area contributed by atoms with Crippen LogP contribution in [-0.4, -0.2) is 34.7 Å². The minimum absolute atomic E-state index is 0.0443. The maximum absolute atomic E-state index is 10.0. The monoisotopic (exact) mass is 211 g/mol. The maximum atomic E-state index is 10.0. The average Bonchev–Trinajstić information content (AvgIpc) is 2.54. The summed E-state index contributed by atoms with van der Waals surface area (Å²) in [6.45, 7) is 3.52. The minimum atomic E-state index is -0.0443. The molecule has 2 rings (SSSR count). The maximum Gasteiger partial charge on any atom is 0.0695 e. The minimum Gasteiger partial charge on any atom is -0.391 e. The van der Waals surface area contributed by atoms with Crippen molar-refractivity contribution in [2.45, 2.75) is 76.5 Å². The van der Waals surface area contributed by atoms with E-state index in [1.165, 1.54) is 51.5 Å². The Kier molecular flexibility index (Phi) is 4.04. The van der Waals surface area contributed by atoms with E-state index in [0.717, 1.165) is 12.5 Å². The summed E-state index contributed by atoms with van der Waals surface area (Å²) in [7, 11) is 0. The Bertz CT molecular complexity index is 195. The number of rotatable bonds is 2. The molecule has 1 saturated carbocycles. The van der Waals surface area contributed by atoms with E-state index < -0.39 is 0 Å². The number of aliphatic hydroxyl groups excluding tert-OH is 1. The molecule has 88 valence electrons. The van der Waals surface area contributed by atoms with Crippen molar-refractivity contribution in [2.75, 3.05) is 6.54 Å². The van der Waals surface area contributed by atoms with E-state index in [9.17, 15) is 5.11 Å². The highest BCUT2D eigenvalue weighted by Gasteiger charge is 2.34. The second kappa shape index (κ2) is 5.31. The quantitative estimate of drug-likeness (QED) is 0.759. The van der Waals surface area contributed by atoms with Gasteiger partial charge in [0.25, 0.3) is 0 Å². The van der Waals surface area contributed by atoms with Crippen molar-refractivity contribution < 1.29 is 5.11 Å². The highest BCUT2D eigenvalue weighted by atomic mass is 16.3. The van der Waals surface area contributed by atoms with Crippen LogP contribution in [0.1, 0.15) is 58.3 Å². The fraction of sp³-hybridized carbons (Fsp3) is 1.00. The molecule has 0 spiro atoms. The summed E-state index contributed by atoms with van der Waals surface area (Å²) >= 11 is 0. The number of hydrogen-bond donors (Lipinski definition) is 1. The van der Waals surface area contributed by atoms with Crippen LogP contribution in [0.15, 0.2) is 0 Å². The molecule has 2 aliphatic rings. The lowest BCUT2D eigenvalue weighted by molar-refractivity contribution is 0.0431. The molecule has 2 nitrogen and oxygen atoms in total. The number of likely N-dealkylation sites (tertiary alicyclic amines) is 1. The van der Waals surface area contributed by atoms with Gasteiger partial charge in [0.05, 0.1) is 6.10 Å². The van der Waals surface area contributed by atoms with E-state index in [1.807, 2.05) is 0 Å². The predicted molar refractivity (Wildman–Crippen MR) is 62.9 cm³/mol. The van der Waals surface area contributed by atoms with Crippen molar-refractivity contribution in [1.82, 2.24) is 4.90 Å². The molecule has 0 bridgehead atoms. The number of nitrogens with zero attached hydrogens (tertiary/aromatic N) is 1. The van der Waals surface area contributed by atoms with Crippen LogP contribution in [0.2, 0.25) is 0 Å². The highest BCUT2D eigenvalue weighted by Crippen LogP contribution is 2.30. The second-order valence-electron chi connectivity index (χ2n) is 5.21. The van der Waals surface area contributed by atoms with E-state index in [1.54, 1.807) is 0 Å². The molecule has 1 saturated heterocycles. The third kappa shape index (κ3) is 2.54. The summed E-state index contributed by atoms with van der Waals surface area (Å²) in [4.78, 5) is 2.63. The molecular formula is C13H25NO. The molecule has 0 aromatic carbocycles. The summed E-state index contributed by atoms with van der Waals surface area (Å²) < 4.78 is 0. The van der Waals surface area contributed by atoms with Crippen LogP contribution in [0.25, 0.3) is 0 Å².